The Bertz CT molecular complexity index is 770. The van der Waals surface area contributed by atoms with Crippen LogP contribution in [0.25, 0.3) is 0 Å². The van der Waals surface area contributed by atoms with E-state index in [1.54, 1.807) is 13.2 Å². The van der Waals surface area contributed by atoms with Crippen LogP contribution in [0.5, 0.6) is 11.5 Å². The summed E-state index contributed by atoms with van der Waals surface area (Å²) >= 11 is 0. The maximum Gasteiger partial charge on any atom is 0.191 e. The minimum atomic E-state index is 0.206. The van der Waals surface area contributed by atoms with E-state index in [1.807, 2.05) is 12.1 Å². The van der Waals surface area contributed by atoms with Gasteiger partial charge in [-0.3, -0.25) is 4.99 Å². The highest BCUT2D eigenvalue weighted by molar-refractivity contribution is 5.79. The first-order chi connectivity index (χ1) is 13.2. The highest BCUT2D eigenvalue weighted by atomic mass is 16.5. The fourth-order valence-corrected chi connectivity index (χ4v) is 3.25. The van der Waals surface area contributed by atoms with E-state index in [0.29, 0.717) is 18.7 Å². The highest BCUT2D eigenvalue weighted by Crippen LogP contribution is 2.48. The smallest absolute Gasteiger partial charge is 0.191 e. The maximum absolute atomic E-state index is 10.1. The summed E-state index contributed by atoms with van der Waals surface area (Å²) in [6, 6.07) is 16.1. The molecule has 1 fully saturated rings. The molecule has 1 aliphatic rings. The number of aliphatic imine (C=N–C) groups is 1. The molecule has 0 bridgehead atoms. The summed E-state index contributed by atoms with van der Waals surface area (Å²) in [6.07, 6.45) is 3.10. The predicted octanol–water partition coefficient (Wildman–Crippen LogP) is 3.23. The highest BCUT2D eigenvalue weighted by Gasteiger charge is 2.43. The lowest BCUT2D eigenvalue weighted by molar-refractivity contribution is 0.406. The van der Waals surface area contributed by atoms with Gasteiger partial charge in [-0.15, -0.1) is 0 Å². The lowest BCUT2D eigenvalue weighted by atomic mass is 9.96. The van der Waals surface area contributed by atoms with Crippen LogP contribution < -0.4 is 15.4 Å². The summed E-state index contributed by atoms with van der Waals surface area (Å²) in [7, 11) is 1.59. The van der Waals surface area contributed by atoms with Crippen LogP contribution in [0.1, 0.15) is 30.9 Å². The molecule has 0 saturated heterocycles. The summed E-state index contributed by atoms with van der Waals surface area (Å²) in [5.74, 6) is 1.75. The third-order valence-corrected chi connectivity index (χ3v) is 5.10. The van der Waals surface area contributed by atoms with Crippen LogP contribution >= 0.6 is 0 Å². The Morgan fingerprint density at radius 2 is 1.93 bits per heavy atom. The van der Waals surface area contributed by atoms with Gasteiger partial charge in [0.25, 0.3) is 0 Å². The zero-order valence-corrected chi connectivity index (χ0v) is 16.2. The molecule has 0 unspecified atom stereocenters. The Morgan fingerprint density at radius 3 is 2.56 bits per heavy atom. The van der Waals surface area contributed by atoms with Gasteiger partial charge in [0.05, 0.1) is 13.7 Å². The Morgan fingerprint density at radius 1 is 1.15 bits per heavy atom. The van der Waals surface area contributed by atoms with Gasteiger partial charge in [-0.05, 0) is 43.4 Å². The van der Waals surface area contributed by atoms with Gasteiger partial charge in [0.1, 0.15) is 11.5 Å². The molecule has 0 heterocycles. The van der Waals surface area contributed by atoms with Crippen molar-refractivity contribution in [2.24, 2.45) is 4.99 Å². The van der Waals surface area contributed by atoms with Crippen LogP contribution in [0.4, 0.5) is 0 Å². The number of phenolic OH excluding ortho intramolecular Hbond substituents is 1. The van der Waals surface area contributed by atoms with E-state index >= 15 is 0 Å². The molecule has 1 saturated carbocycles. The van der Waals surface area contributed by atoms with Crippen LogP contribution in [0.2, 0.25) is 0 Å². The van der Waals surface area contributed by atoms with Crippen LogP contribution in [-0.2, 0) is 11.8 Å². The summed E-state index contributed by atoms with van der Waals surface area (Å²) in [5.41, 5.74) is 2.48. The molecular formula is C22H29N3O2. The third kappa shape index (κ3) is 4.94. The first-order valence-electron chi connectivity index (χ1n) is 9.60. The van der Waals surface area contributed by atoms with Gasteiger partial charge < -0.3 is 20.5 Å². The second kappa shape index (κ2) is 8.80. The molecular weight excluding hydrogens is 338 g/mol. The van der Waals surface area contributed by atoms with Crippen molar-refractivity contribution < 1.29 is 9.84 Å². The molecule has 3 N–H and O–H groups in total. The standard InChI is InChI=1S/C22H29N3O2/c1-3-23-21(24-14-11-17-9-10-19(27-2)15-20(17)26)25-16-22(12-13-22)18-7-5-4-6-8-18/h4-10,15,26H,3,11-14,16H2,1-2H3,(H2,23,24,25). The lowest BCUT2D eigenvalue weighted by Gasteiger charge is -2.16. The van der Waals surface area contributed by atoms with Crippen molar-refractivity contribution in [2.45, 2.75) is 31.6 Å². The largest absolute Gasteiger partial charge is 0.508 e. The van der Waals surface area contributed by atoms with E-state index in [2.05, 4.69) is 47.9 Å². The van der Waals surface area contributed by atoms with Gasteiger partial charge >= 0.3 is 0 Å². The van der Waals surface area contributed by atoms with Gasteiger partial charge in [0.15, 0.2) is 5.96 Å². The second-order valence-electron chi connectivity index (χ2n) is 7.01. The minimum absolute atomic E-state index is 0.206. The van der Waals surface area contributed by atoms with E-state index in [9.17, 15) is 5.11 Å². The molecule has 5 heteroatoms. The first kappa shape index (κ1) is 19.1. The molecule has 0 spiro atoms. The number of phenols is 1. The number of methoxy groups -OCH3 is 1. The van der Waals surface area contributed by atoms with Gasteiger partial charge in [0.2, 0.25) is 0 Å². The van der Waals surface area contributed by atoms with Crippen molar-refractivity contribution in [1.29, 1.82) is 0 Å². The number of aromatic hydroxyl groups is 1. The van der Waals surface area contributed by atoms with E-state index < -0.39 is 0 Å². The second-order valence-corrected chi connectivity index (χ2v) is 7.01. The average molecular weight is 367 g/mol. The van der Waals surface area contributed by atoms with Gasteiger partial charge in [0, 0.05) is 24.6 Å². The number of guanidine groups is 1. The predicted molar refractivity (Wildman–Crippen MR) is 110 cm³/mol. The quantitative estimate of drug-likeness (QED) is 0.495. The molecule has 0 radical (unpaired) electrons. The molecule has 0 aromatic heterocycles. The number of rotatable bonds is 8. The normalized spacial score (nSPS) is 15.3. The van der Waals surface area contributed by atoms with E-state index in [1.165, 1.54) is 18.4 Å². The SMILES string of the molecule is CCNC(=NCC1(c2ccccc2)CC1)NCCc1ccc(OC)cc1O. The topological polar surface area (TPSA) is 65.9 Å². The number of ether oxygens (including phenoxy) is 1. The molecule has 144 valence electrons. The van der Waals surface area contributed by atoms with Crippen LogP contribution in [-0.4, -0.2) is 37.8 Å². The molecule has 3 rings (SSSR count). The Kier molecular flexibility index (Phi) is 6.22. The molecule has 1 aliphatic carbocycles. The zero-order chi connectivity index (χ0) is 19.1. The summed E-state index contributed by atoms with van der Waals surface area (Å²) in [5, 5.41) is 16.8. The molecule has 0 aliphatic heterocycles. The summed E-state index contributed by atoms with van der Waals surface area (Å²) in [6.45, 7) is 4.37. The number of nitrogens with zero attached hydrogens (tertiary/aromatic N) is 1. The molecule has 2 aromatic carbocycles. The minimum Gasteiger partial charge on any atom is -0.508 e. The first-order valence-corrected chi connectivity index (χ1v) is 9.60. The fourth-order valence-electron chi connectivity index (χ4n) is 3.25. The number of hydrogen-bond acceptors (Lipinski definition) is 3. The molecule has 27 heavy (non-hydrogen) atoms. The number of hydrogen-bond donors (Lipinski definition) is 3. The van der Waals surface area contributed by atoms with Crippen molar-refractivity contribution >= 4 is 5.96 Å². The van der Waals surface area contributed by atoms with Crippen molar-refractivity contribution in [3.63, 3.8) is 0 Å². The molecule has 5 nitrogen and oxygen atoms in total. The summed E-state index contributed by atoms with van der Waals surface area (Å²) < 4.78 is 5.13. The molecule has 2 aromatic rings. The van der Waals surface area contributed by atoms with Gasteiger partial charge in [-0.1, -0.05) is 36.4 Å². The zero-order valence-electron chi connectivity index (χ0n) is 16.2. The van der Waals surface area contributed by atoms with Crippen molar-refractivity contribution in [2.75, 3.05) is 26.7 Å². The Labute approximate surface area is 161 Å². The molecule has 0 amide bonds. The average Bonchev–Trinajstić information content (AvgIpc) is 3.49. The van der Waals surface area contributed by atoms with E-state index in [0.717, 1.165) is 24.6 Å². The van der Waals surface area contributed by atoms with Gasteiger partial charge in [-0.2, -0.15) is 0 Å². The fraction of sp³-hybridized carbons (Fsp3) is 0.409. The van der Waals surface area contributed by atoms with Crippen molar-refractivity contribution in [3.8, 4) is 11.5 Å². The number of benzene rings is 2. The maximum atomic E-state index is 10.1. The van der Waals surface area contributed by atoms with E-state index in [4.69, 9.17) is 9.73 Å². The van der Waals surface area contributed by atoms with Crippen LogP contribution in [0.3, 0.4) is 0 Å². The van der Waals surface area contributed by atoms with E-state index in [-0.39, 0.29) is 11.2 Å². The van der Waals surface area contributed by atoms with Gasteiger partial charge in [-0.25, -0.2) is 0 Å². The van der Waals surface area contributed by atoms with Crippen LogP contribution in [0, 0.1) is 0 Å². The number of nitrogens with one attached hydrogen (secondary N) is 2. The monoisotopic (exact) mass is 367 g/mol. The van der Waals surface area contributed by atoms with Crippen molar-refractivity contribution in [3.05, 3.63) is 59.7 Å². The van der Waals surface area contributed by atoms with Crippen LogP contribution in [0.15, 0.2) is 53.5 Å². The third-order valence-electron chi connectivity index (χ3n) is 5.10. The Balaban J connectivity index is 1.57. The molecule has 0 atom stereocenters. The van der Waals surface area contributed by atoms with Crippen molar-refractivity contribution in [1.82, 2.24) is 10.6 Å². The summed E-state index contributed by atoms with van der Waals surface area (Å²) in [4.78, 5) is 4.82. The lowest BCUT2D eigenvalue weighted by Crippen LogP contribution is -2.39. The Hall–Kier alpha value is -2.69.